The molecule has 6 heteroatoms. The molecule has 0 radical (unpaired) electrons. The Morgan fingerprint density at radius 3 is 2.26 bits per heavy atom. The number of hydrogen-bond acceptors (Lipinski definition) is 4. The second-order valence-electron chi connectivity index (χ2n) is 7.39. The normalized spacial score (nSPS) is 18.1. The zero-order valence-corrected chi connectivity index (χ0v) is 15.7. The van der Waals surface area contributed by atoms with Crippen LogP contribution < -0.4 is 0 Å². The number of piperidine rings is 1. The van der Waals surface area contributed by atoms with Gasteiger partial charge in [-0.05, 0) is 44.7 Å². The van der Waals surface area contributed by atoms with Gasteiger partial charge in [-0.3, -0.25) is 9.59 Å². The first-order valence-corrected chi connectivity index (χ1v) is 9.74. The maximum absolute atomic E-state index is 12.6. The lowest BCUT2D eigenvalue weighted by Crippen LogP contribution is -2.38. The number of rotatable bonds is 3. The molecule has 2 aliphatic rings. The summed E-state index contributed by atoms with van der Waals surface area (Å²) >= 11 is 0. The zero-order chi connectivity index (χ0) is 18.8. The average Bonchev–Trinajstić information content (AvgIpc) is 3.38. The van der Waals surface area contributed by atoms with Crippen LogP contribution in [0.5, 0.6) is 0 Å². The van der Waals surface area contributed by atoms with Crippen LogP contribution in [0.3, 0.4) is 0 Å². The fourth-order valence-electron chi connectivity index (χ4n) is 3.95. The van der Waals surface area contributed by atoms with Crippen LogP contribution in [0.1, 0.15) is 64.1 Å². The van der Waals surface area contributed by atoms with Crippen LogP contribution in [-0.4, -0.2) is 52.8 Å². The Kier molecular flexibility index (Phi) is 4.97. The first kappa shape index (κ1) is 17.8. The molecular weight excluding hydrogens is 342 g/mol. The predicted molar refractivity (Wildman–Crippen MR) is 101 cm³/mol. The third-order valence-electron chi connectivity index (χ3n) is 5.56. The topological polar surface area (TPSA) is 66.7 Å². The highest BCUT2D eigenvalue weighted by atomic mass is 16.4. The minimum atomic E-state index is -0.0170. The molecule has 2 aliphatic heterocycles. The Morgan fingerprint density at radius 2 is 1.59 bits per heavy atom. The molecule has 2 fully saturated rings. The van der Waals surface area contributed by atoms with Crippen molar-refractivity contribution in [3.05, 3.63) is 53.2 Å². The van der Waals surface area contributed by atoms with Crippen LogP contribution in [0.25, 0.3) is 0 Å². The summed E-state index contributed by atoms with van der Waals surface area (Å²) in [5, 5.41) is 0. The molecule has 1 aromatic carbocycles. The molecule has 2 aromatic rings. The predicted octanol–water partition coefficient (Wildman–Crippen LogP) is 3.24. The van der Waals surface area contributed by atoms with Gasteiger partial charge in [0, 0.05) is 37.7 Å². The Labute approximate surface area is 159 Å². The zero-order valence-electron chi connectivity index (χ0n) is 15.7. The fourth-order valence-corrected chi connectivity index (χ4v) is 3.95. The molecule has 0 unspecified atom stereocenters. The van der Waals surface area contributed by atoms with Gasteiger partial charge in [0.1, 0.15) is 5.76 Å². The summed E-state index contributed by atoms with van der Waals surface area (Å²) in [5.74, 6) is 1.45. The standard InChI is InChI=1S/C21H25N3O3/c1-15-18(21(26)23-11-5-6-12-23)22-19(27-15)16-9-13-24(14-10-16)20(25)17-7-3-2-4-8-17/h2-4,7-8,16H,5-6,9-14H2,1H3. The summed E-state index contributed by atoms with van der Waals surface area (Å²) in [6.07, 6.45) is 3.72. The van der Waals surface area contributed by atoms with Crippen LogP contribution in [0.2, 0.25) is 0 Å². The number of nitrogens with zero attached hydrogens (tertiary/aromatic N) is 3. The average molecular weight is 367 g/mol. The van der Waals surface area contributed by atoms with Gasteiger partial charge in [-0.2, -0.15) is 0 Å². The summed E-state index contributed by atoms with van der Waals surface area (Å²) in [5.41, 5.74) is 1.18. The summed E-state index contributed by atoms with van der Waals surface area (Å²) < 4.78 is 5.85. The SMILES string of the molecule is Cc1oc(C2CCN(C(=O)c3ccccc3)CC2)nc1C(=O)N1CCCC1. The van der Waals surface area contributed by atoms with E-state index in [1.54, 1.807) is 0 Å². The number of aryl methyl sites for hydroxylation is 1. The van der Waals surface area contributed by atoms with Gasteiger partial charge in [0.2, 0.25) is 0 Å². The Bertz CT molecular complexity index is 816. The van der Waals surface area contributed by atoms with Crippen LogP contribution in [0.4, 0.5) is 0 Å². The second kappa shape index (κ2) is 7.55. The van der Waals surface area contributed by atoms with E-state index in [9.17, 15) is 9.59 Å². The van der Waals surface area contributed by atoms with Gasteiger partial charge in [-0.25, -0.2) is 4.98 Å². The molecular formula is C21H25N3O3. The summed E-state index contributed by atoms with van der Waals surface area (Å²) in [7, 11) is 0. The largest absolute Gasteiger partial charge is 0.445 e. The quantitative estimate of drug-likeness (QED) is 0.835. The van der Waals surface area contributed by atoms with E-state index in [1.807, 2.05) is 47.1 Å². The first-order chi connectivity index (χ1) is 13.1. The Hall–Kier alpha value is -2.63. The van der Waals surface area contributed by atoms with E-state index < -0.39 is 0 Å². The Balaban J connectivity index is 1.40. The second-order valence-corrected chi connectivity index (χ2v) is 7.39. The van der Waals surface area contributed by atoms with E-state index >= 15 is 0 Å². The van der Waals surface area contributed by atoms with Gasteiger partial charge < -0.3 is 14.2 Å². The van der Waals surface area contributed by atoms with E-state index in [2.05, 4.69) is 4.98 Å². The lowest BCUT2D eigenvalue weighted by atomic mass is 9.96. The smallest absolute Gasteiger partial charge is 0.276 e. The summed E-state index contributed by atoms with van der Waals surface area (Å²) in [4.78, 5) is 33.5. The van der Waals surface area contributed by atoms with Crippen molar-refractivity contribution in [1.82, 2.24) is 14.8 Å². The van der Waals surface area contributed by atoms with E-state index in [-0.39, 0.29) is 17.7 Å². The number of carbonyl (C=O) groups is 2. The van der Waals surface area contributed by atoms with Crippen molar-refractivity contribution in [2.24, 2.45) is 0 Å². The highest BCUT2D eigenvalue weighted by Crippen LogP contribution is 2.30. The third-order valence-corrected chi connectivity index (χ3v) is 5.56. The number of carbonyl (C=O) groups excluding carboxylic acids is 2. The lowest BCUT2D eigenvalue weighted by molar-refractivity contribution is 0.0705. The van der Waals surface area contributed by atoms with Crippen molar-refractivity contribution >= 4 is 11.8 Å². The van der Waals surface area contributed by atoms with Crippen LogP contribution in [0, 0.1) is 6.92 Å². The number of aromatic nitrogens is 1. The molecule has 0 saturated carbocycles. The number of amides is 2. The van der Waals surface area contributed by atoms with Crippen molar-refractivity contribution in [3.63, 3.8) is 0 Å². The molecule has 2 amide bonds. The van der Waals surface area contributed by atoms with E-state index in [0.717, 1.165) is 44.3 Å². The first-order valence-electron chi connectivity index (χ1n) is 9.74. The third kappa shape index (κ3) is 3.61. The molecule has 0 N–H and O–H groups in total. The number of likely N-dealkylation sites (tertiary alicyclic amines) is 2. The minimum Gasteiger partial charge on any atom is -0.445 e. The molecule has 27 heavy (non-hydrogen) atoms. The molecule has 1 aromatic heterocycles. The lowest BCUT2D eigenvalue weighted by Gasteiger charge is -2.30. The minimum absolute atomic E-state index is 0.0170. The van der Waals surface area contributed by atoms with Gasteiger partial charge in [0.05, 0.1) is 0 Å². The van der Waals surface area contributed by atoms with Crippen molar-refractivity contribution in [2.45, 2.75) is 38.5 Å². The summed E-state index contributed by atoms with van der Waals surface area (Å²) in [6.45, 7) is 4.78. The van der Waals surface area contributed by atoms with Crippen molar-refractivity contribution in [1.29, 1.82) is 0 Å². The molecule has 0 aliphatic carbocycles. The number of oxazole rings is 1. The Morgan fingerprint density at radius 1 is 0.963 bits per heavy atom. The van der Waals surface area contributed by atoms with Crippen LogP contribution in [-0.2, 0) is 0 Å². The van der Waals surface area contributed by atoms with Crippen molar-refractivity contribution in [3.8, 4) is 0 Å². The van der Waals surface area contributed by atoms with E-state index in [1.165, 1.54) is 0 Å². The van der Waals surface area contributed by atoms with E-state index in [4.69, 9.17) is 4.42 Å². The maximum atomic E-state index is 12.6. The van der Waals surface area contributed by atoms with Crippen molar-refractivity contribution < 1.29 is 14.0 Å². The monoisotopic (exact) mass is 367 g/mol. The maximum Gasteiger partial charge on any atom is 0.276 e. The van der Waals surface area contributed by atoms with Crippen LogP contribution in [0.15, 0.2) is 34.7 Å². The fraction of sp³-hybridized carbons (Fsp3) is 0.476. The van der Waals surface area contributed by atoms with Crippen LogP contribution >= 0.6 is 0 Å². The van der Waals surface area contributed by atoms with E-state index in [0.29, 0.717) is 30.4 Å². The highest BCUT2D eigenvalue weighted by molar-refractivity contribution is 5.94. The van der Waals surface area contributed by atoms with Gasteiger partial charge in [0.15, 0.2) is 11.6 Å². The molecule has 4 rings (SSSR count). The van der Waals surface area contributed by atoms with Gasteiger partial charge in [-0.1, -0.05) is 18.2 Å². The molecule has 142 valence electrons. The molecule has 0 atom stereocenters. The van der Waals surface area contributed by atoms with Gasteiger partial charge in [-0.15, -0.1) is 0 Å². The summed E-state index contributed by atoms with van der Waals surface area (Å²) in [6, 6.07) is 9.38. The molecule has 3 heterocycles. The van der Waals surface area contributed by atoms with Crippen molar-refractivity contribution in [2.75, 3.05) is 26.2 Å². The molecule has 6 nitrogen and oxygen atoms in total. The van der Waals surface area contributed by atoms with Gasteiger partial charge >= 0.3 is 0 Å². The number of benzene rings is 1. The molecule has 0 spiro atoms. The number of hydrogen-bond donors (Lipinski definition) is 0. The molecule has 0 bridgehead atoms. The molecule has 2 saturated heterocycles. The highest BCUT2D eigenvalue weighted by Gasteiger charge is 2.30. The van der Waals surface area contributed by atoms with Gasteiger partial charge in [0.25, 0.3) is 11.8 Å².